The van der Waals surface area contributed by atoms with Gasteiger partial charge in [-0.1, -0.05) is 47.1 Å². The fraction of sp³-hybridized carbons (Fsp3) is 0. The lowest BCUT2D eigenvalue weighted by Crippen LogP contribution is -2.03. The Kier molecular flexibility index (Phi) is 4.63. The molecule has 0 aliphatic rings. The zero-order valence-corrected chi connectivity index (χ0v) is 11.4. The van der Waals surface area contributed by atoms with E-state index in [0.29, 0.717) is 5.56 Å². The number of non-ortho nitro benzene ring substituents is 1. The first-order chi connectivity index (χ1) is 10.1. The Labute approximate surface area is 124 Å². The van der Waals surface area contributed by atoms with Crippen molar-refractivity contribution in [1.29, 1.82) is 0 Å². The van der Waals surface area contributed by atoms with E-state index < -0.39 is 10.9 Å². The summed E-state index contributed by atoms with van der Waals surface area (Å²) in [6, 6.07) is 13.8. The summed E-state index contributed by atoms with van der Waals surface area (Å²) in [5, 5.41) is 14.1. The minimum Gasteiger partial charge on any atom is -0.311 e. The van der Waals surface area contributed by atoms with E-state index in [1.807, 2.05) is 6.07 Å². The van der Waals surface area contributed by atoms with Gasteiger partial charge in [-0.25, -0.2) is 4.79 Å². The Hall–Kier alpha value is -2.73. The lowest BCUT2D eigenvalue weighted by atomic mass is 10.2. The van der Waals surface area contributed by atoms with Crippen LogP contribution >= 0.6 is 11.6 Å². The number of hydrogen-bond acceptors (Lipinski definition) is 5. The molecule has 0 aromatic heterocycles. The van der Waals surface area contributed by atoms with Gasteiger partial charge in [-0.15, -0.1) is 0 Å². The van der Waals surface area contributed by atoms with Gasteiger partial charge in [-0.2, -0.15) is 0 Å². The van der Waals surface area contributed by atoms with Crippen molar-refractivity contribution in [1.82, 2.24) is 0 Å². The van der Waals surface area contributed by atoms with Gasteiger partial charge in [0.2, 0.25) is 0 Å². The highest BCUT2D eigenvalue weighted by Gasteiger charge is 2.11. The summed E-state index contributed by atoms with van der Waals surface area (Å²) in [4.78, 5) is 26.3. The van der Waals surface area contributed by atoms with Crippen LogP contribution in [0.4, 0.5) is 5.69 Å². The number of carbonyl (C=O) groups excluding carboxylic acids is 1. The summed E-state index contributed by atoms with van der Waals surface area (Å²) in [7, 11) is 0. The Bertz CT molecular complexity index is 684. The molecule has 0 heterocycles. The van der Waals surface area contributed by atoms with Crippen molar-refractivity contribution in [3.63, 3.8) is 0 Å². The lowest BCUT2D eigenvalue weighted by Gasteiger charge is -2.00. The zero-order chi connectivity index (χ0) is 15.2. The van der Waals surface area contributed by atoms with Crippen LogP contribution in [0.2, 0.25) is 0 Å². The van der Waals surface area contributed by atoms with Crippen LogP contribution in [0.3, 0.4) is 0 Å². The number of halogens is 1. The average Bonchev–Trinajstić information content (AvgIpc) is 2.53. The first kappa shape index (κ1) is 14.7. The monoisotopic (exact) mass is 304 g/mol. The predicted molar refractivity (Wildman–Crippen MR) is 77.3 cm³/mol. The van der Waals surface area contributed by atoms with Gasteiger partial charge in [0.1, 0.15) is 0 Å². The van der Waals surface area contributed by atoms with E-state index in [0.717, 1.165) is 0 Å². The van der Waals surface area contributed by atoms with Gasteiger partial charge in [0.15, 0.2) is 5.17 Å². The first-order valence-electron chi connectivity index (χ1n) is 5.82. The van der Waals surface area contributed by atoms with Crippen LogP contribution in [0.1, 0.15) is 15.9 Å². The van der Waals surface area contributed by atoms with Gasteiger partial charge in [0.25, 0.3) is 5.69 Å². The van der Waals surface area contributed by atoms with Gasteiger partial charge in [0.05, 0.1) is 10.5 Å². The summed E-state index contributed by atoms with van der Waals surface area (Å²) in [5.41, 5.74) is 0.634. The molecule has 0 radical (unpaired) electrons. The van der Waals surface area contributed by atoms with Crippen LogP contribution in [0, 0.1) is 10.1 Å². The fourth-order valence-electron chi connectivity index (χ4n) is 1.48. The smallest absolute Gasteiger partial charge is 0.311 e. The number of nitrogens with zero attached hydrogens (tertiary/aromatic N) is 2. The maximum absolute atomic E-state index is 11.7. The Morgan fingerprint density at radius 3 is 2.24 bits per heavy atom. The summed E-state index contributed by atoms with van der Waals surface area (Å²) < 4.78 is 0. The Morgan fingerprint density at radius 2 is 1.67 bits per heavy atom. The highest BCUT2D eigenvalue weighted by atomic mass is 35.5. The second-order valence-electron chi connectivity index (χ2n) is 3.93. The molecule has 21 heavy (non-hydrogen) atoms. The molecule has 0 bridgehead atoms. The normalized spacial score (nSPS) is 11.0. The highest BCUT2D eigenvalue weighted by Crippen LogP contribution is 2.13. The lowest BCUT2D eigenvalue weighted by molar-refractivity contribution is -0.384. The van der Waals surface area contributed by atoms with E-state index in [1.54, 1.807) is 24.3 Å². The second kappa shape index (κ2) is 6.62. The molecule has 0 atom stereocenters. The maximum Gasteiger partial charge on any atom is 0.365 e. The third-order valence-electron chi connectivity index (χ3n) is 2.53. The summed E-state index contributed by atoms with van der Waals surface area (Å²) in [6.07, 6.45) is 0. The van der Waals surface area contributed by atoms with Crippen molar-refractivity contribution < 1.29 is 14.6 Å². The van der Waals surface area contributed by atoms with E-state index in [2.05, 4.69) is 5.16 Å². The summed E-state index contributed by atoms with van der Waals surface area (Å²) in [6.45, 7) is 0. The molecule has 106 valence electrons. The summed E-state index contributed by atoms with van der Waals surface area (Å²) >= 11 is 5.89. The molecule has 0 amide bonds. The maximum atomic E-state index is 11.7. The van der Waals surface area contributed by atoms with Crippen LogP contribution in [0.15, 0.2) is 59.8 Å². The van der Waals surface area contributed by atoms with Crippen LogP contribution < -0.4 is 0 Å². The van der Waals surface area contributed by atoms with Crippen molar-refractivity contribution in [3.05, 3.63) is 75.8 Å². The number of benzene rings is 2. The van der Waals surface area contributed by atoms with Crippen molar-refractivity contribution in [2.24, 2.45) is 5.16 Å². The third-order valence-corrected chi connectivity index (χ3v) is 2.82. The zero-order valence-electron chi connectivity index (χ0n) is 10.6. The molecule has 2 aromatic rings. The van der Waals surface area contributed by atoms with Crippen LogP contribution in [-0.4, -0.2) is 16.1 Å². The molecule has 0 saturated heterocycles. The predicted octanol–water partition coefficient (Wildman–Crippen LogP) is 3.35. The molecule has 0 spiro atoms. The molecular formula is C14H9ClN2O4. The minimum absolute atomic E-state index is 0.0332. The first-order valence-corrected chi connectivity index (χ1v) is 6.20. The molecule has 0 fully saturated rings. The van der Waals surface area contributed by atoms with Gasteiger partial charge >= 0.3 is 5.97 Å². The topological polar surface area (TPSA) is 81.8 Å². The molecule has 2 rings (SSSR count). The van der Waals surface area contributed by atoms with Crippen molar-refractivity contribution >= 4 is 28.4 Å². The van der Waals surface area contributed by atoms with Crippen LogP contribution in [-0.2, 0) is 4.84 Å². The average molecular weight is 305 g/mol. The Morgan fingerprint density at radius 1 is 1.05 bits per heavy atom. The number of carbonyl (C=O) groups is 1. The van der Waals surface area contributed by atoms with Crippen molar-refractivity contribution in [2.75, 3.05) is 0 Å². The number of hydrogen-bond donors (Lipinski definition) is 0. The second-order valence-corrected chi connectivity index (χ2v) is 4.29. The highest BCUT2D eigenvalue weighted by molar-refractivity contribution is 6.69. The molecule has 0 aliphatic heterocycles. The fourth-order valence-corrected chi connectivity index (χ4v) is 1.64. The molecule has 0 N–H and O–H groups in total. The quantitative estimate of drug-likeness (QED) is 0.375. The molecule has 7 heteroatoms. The van der Waals surface area contributed by atoms with E-state index in [4.69, 9.17) is 16.4 Å². The third kappa shape index (κ3) is 3.87. The van der Waals surface area contributed by atoms with Gasteiger partial charge < -0.3 is 4.84 Å². The number of rotatable bonds is 4. The van der Waals surface area contributed by atoms with E-state index in [9.17, 15) is 14.9 Å². The molecule has 6 nitrogen and oxygen atoms in total. The van der Waals surface area contributed by atoms with Crippen LogP contribution in [0.5, 0.6) is 0 Å². The molecular weight excluding hydrogens is 296 g/mol. The minimum atomic E-state index is -0.751. The van der Waals surface area contributed by atoms with Crippen molar-refractivity contribution in [2.45, 2.75) is 0 Å². The largest absolute Gasteiger partial charge is 0.365 e. The molecule has 0 aliphatic carbocycles. The SMILES string of the molecule is O=C(ON=C(Cl)c1ccccc1)c1ccc([N+](=O)[O-])cc1. The molecule has 2 aromatic carbocycles. The number of oxime groups is 1. The summed E-state index contributed by atoms with van der Waals surface area (Å²) in [5.74, 6) is -0.751. The Balaban J connectivity index is 2.06. The van der Waals surface area contributed by atoms with Gasteiger partial charge in [-0.05, 0) is 12.1 Å². The molecule has 0 unspecified atom stereocenters. The molecule has 0 saturated carbocycles. The van der Waals surface area contributed by atoms with E-state index >= 15 is 0 Å². The number of nitro benzene ring substituents is 1. The van der Waals surface area contributed by atoms with Crippen LogP contribution in [0.25, 0.3) is 0 Å². The number of nitro groups is 1. The van der Waals surface area contributed by atoms with Crippen molar-refractivity contribution in [3.8, 4) is 0 Å². The van der Waals surface area contributed by atoms with Gasteiger partial charge in [-0.3, -0.25) is 10.1 Å². The van der Waals surface area contributed by atoms with Gasteiger partial charge in [0, 0.05) is 17.7 Å². The van der Waals surface area contributed by atoms with E-state index in [-0.39, 0.29) is 16.4 Å². The standard InChI is InChI=1S/C14H9ClN2O4/c15-13(10-4-2-1-3-5-10)16-21-14(18)11-6-8-12(9-7-11)17(19)20/h1-9H. The van der Waals surface area contributed by atoms with E-state index in [1.165, 1.54) is 24.3 Å².